The lowest BCUT2D eigenvalue weighted by Gasteiger charge is -2.30. The number of benzene rings is 6. The second kappa shape index (κ2) is 8.06. The molecule has 0 aliphatic heterocycles. The first-order chi connectivity index (χ1) is 18.8. The summed E-state index contributed by atoms with van der Waals surface area (Å²) in [5.74, 6) is 0. The van der Waals surface area contributed by atoms with Crippen LogP contribution < -0.4 is 5.32 Å². The standard InChI is InChI=1S/C37H25N/c1-2-12-27(13-3-1)38-28-14-10-11-25(23-28)26-21-22-36-32(24-26)31-17-6-9-20-35(31)37(36)33-18-7-4-15-29(33)30-16-5-8-19-34(30)37/h1-24,38H. The molecule has 1 heteroatoms. The first-order valence-corrected chi connectivity index (χ1v) is 13.2. The molecule has 6 aromatic carbocycles. The fraction of sp³-hybridized carbons (Fsp3) is 0.0270. The van der Waals surface area contributed by atoms with Crippen molar-refractivity contribution in [2.45, 2.75) is 5.41 Å². The highest BCUT2D eigenvalue weighted by Crippen LogP contribution is 2.62. The summed E-state index contributed by atoms with van der Waals surface area (Å²) in [6.07, 6.45) is 0. The second-order valence-corrected chi connectivity index (χ2v) is 10.2. The lowest BCUT2D eigenvalue weighted by atomic mass is 9.70. The van der Waals surface area contributed by atoms with Crippen LogP contribution in [0.1, 0.15) is 22.3 Å². The molecule has 0 atom stereocenters. The molecule has 2 aliphatic rings. The maximum Gasteiger partial charge on any atom is 0.0725 e. The van der Waals surface area contributed by atoms with Gasteiger partial charge in [-0.2, -0.15) is 0 Å². The lowest BCUT2D eigenvalue weighted by Crippen LogP contribution is -2.25. The molecule has 0 amide bonds. The van der Waals surface area contributed by atoms with Crippen LogP contribution in [0.5, 0.6) is 0 Å². The van der Waals surface area contributed by atoms with Crippen molar-refractivity contribution in [3.8, 4) is 33.4 Å². The van der Waals surface area contributed by atoms with E-state index in [9.17, 15) is 0 Å². The van der Waals surface area contributed by atoms with E-state index >= 15 is 0 Å². The van der Waals surface area contributed by atoms with Crippen molar-refractivity contribution >= 4 is 11.4 Å². The Hall–Kier alpha value is -4.88. The van der Waals surface area contributed by atoms with Crippen LogP contribution in [0.15, 0.2) is 146 Å². The first kappa shape index (κ1) is 21.2. The third kappa shape index (κ3) is 2.87. The predicted molar refractivity (Wildman–Crippen MR) is 158 cm³/mol. The number of nitrogens with one attached hydrogen (secondary N) is 1. The van der Waals surface area contributed by atoms with Crippen molar-refractivity contribution in [3.05, 3.63) is 168 Å². The van der Waals surface area contributed by atoms with Crippen molar-refractivity contribution in [2.24, 2.45) is 0 Å². The van der Waals surface area contributed by atoms with E-state index in [0.29, 0.717) is 0 Å². The molecule has 1 spiro atoms. The molecule has 0 heterocycles. The van der Waals surface area contributed by atoms with Gasteiger partial charge in [-0.15, -0.1) is 0 Å². The minimum absolute atomic E-state index is 0.283. The molecule has 2 aliphatic carbocycles. The van der Waals surface area contributed by atoms with E-state index in [1.54, 1.807) is 0 Å². The average Bonchev–Trinajstić information content (AvgIpc) is 3.45. The van der Waals surface area contributed by atoms with Gasteiger partial charge in [-0.3, -0.25) is 0 Å². The summed E-state index contributed by atoms with van der Waals surface area (Å²) < 4.78 is 0. The third-order valence-corrected chi connectivity index (χ3v) is 8.26. The van der Waals surface area contributed by atoms with Crippen LogP contribution >= 0.6 is 0 Å². The fourth-order valence-electron chi connectivity index (χ4n) is 6.74. The number of hydrogen-bond donors (Lipinski definition) is 1. The van der Waals surface area contributed by atoms with Crippen LogP contribution in [-0.4, -0.2) is 0 Å². The third-order valence-electron chi connectivity index (χ3n) is 8.26. The Balaban J connectivity index is 1.32. The number of fused-ring (bicyclic) bond motifs is 10. The van der Waals surface area contributed by atoms with Crippen LogP contribution in [0.3, 0.4) is 0 Å². The summed E-state index contributed by atoms with van der Waals surface area (Å²) in [4.78, 5) is 0. The molecule has 0 unspecified atom stereocenters. The first-order valence-electron chi connectivity index (χ1n) is 13.2. The lowest BCUT2D eigenvalue weighted by molar-refractivity contribution is 0.794. The van der Waals surface area contributed by atoms with Crippen LogP contribution in [0.25, 0.3) is 33.4 Å². The molecule has 38 heavy (non-hydrogen) atoms. The van der Waals surface area contributed by atoms with Crippen LogP contribution in [-0.2, 0) is 5.41 Å². The van der Waals surface area contributed by atoms with Gasteiger partial charge in [0.05, 0.1) is 5.41 Å². The van der Waals surface area contributed by atoms with Gasteiger partial charge in [0, 0.05) is 11.4 Å². The predicted octanol–water partition coefficient (Wildman–Crippen LogP) is 9.44. The van der Waals surface area contributed by atoms with Crippen molar-refractivity contribution in [3.63, 3.8) is 0 Å². The number of hydrogen-bond acceptors (Lipinski definition) is 1. The zero-order valence-corrected chi connectivity index (χ0v) is 20.9. The Morgan fingerprint density at radius 2 is 0.842 bits per heavy atom. The molecule has 8 rings (SSSR count). The monoisotopic (exact) mass is 483 g/mol. The van der Waals surface area contributed by atoms with Gasteiger partial charge in [0.1, 0.15) is 0 Å². The van der Waals surface area contributed by atoms with E-state index in [1.165, 1.54) is 55.6 Å². The summed E-state index contributed by atoms with van der Waals surface area (Å²) in [6.45, 7) is 0. The largest absolute Gasteiger partial charge is 0.356 e. The van der Waals surface area contributed by atoms with Gasteiger partial charge in [-0.05, 0) is 86.0 Å². The molecular formula is C37H25N. The zero-order chi connectivity index (χ0) is 25.1. The Labute approximate surface area is 223 Å². The minimum atomic E-state index is -0.283. The molecule has 0 bridgehead atoms. The van der Waals surface area contributed by atoms with Gasteiger partial charge in [-0.25, -0.2) is 0 Å². The zero-order valence-electron chi connectivity index (χ0n) is 20.9. The van der Waals surface area contributed by atoms with E-state index in [1.807, 2.05) is 6.07 Å². The summed E-state index contributed by atoms with van der Waals surface area (Å²) in [7, 11) is 0. The molecule has 0 saturated heterocycles. The highest BCUT2D eigenvalue weighted by molar-refractivity contribution is 5.96. The van der Waals surface area contributed by atoms with Gasteiger partial charge < -0.3 is 5.32 Å². The SMILES string of the molecule is c1ccc(Nc2cccc(-c3ccc4c(c3)-c3ccccc3C43c4ccccc4-c4ccccc43)c2)cc1. The summed E-state index contributed by atoms with van der Waals surface area (Å²) >= 11 is 0. The smallest absolute Gasteiger partial charge is 0.0725 e. The quantitative estimate of drug-likeness (QED) is 0.264. The van der Waals surface area contributed by atoms with Crippen molar-refractivity contribution in [2.75, 3.05) is 5.32 Å². The van der Waals surface area contributed by atoms with Crippen molar-refractivity contribution in [1.82, 2.24) is 0 Å². The van der Waals surface area contributed by atoms with Gasteiger partial charge in [0.15, 0.2) is 0 Å². The summed E-state index contributed by atoms with van der Waals surface area (Å²) in [5, 5.41) is 3.54. The van der Waals surface area contributed by atoms with E-state index in [2.05, 4.69) is 145 Å². The highest BCUT2D eigenvalue weighted by atomic mass is 14.9. The molecule has 0 radical (unpaired) electrons. The maximum absolute atomic E-state index is 3.54. The van der Waals surface area contributed by atoms with Gasteiger partial charge in [-0.1, -0.05) is 115 Å². The van der Waals surface area contributed by atoms with Crippen LogP contribution in [0.2, 0.25) is 0 Å². The second-order valence-electron chi connectivity index (χ2n) is 10.2. The number of para-hydroxylation sites is 1. The Bertz CT molecular complexity index is 1800. The van der Waals surface area contributed by atoms with Gasteiger partial charge >= 0.3 is 0 Å². The van der Waals surface area contributed by atoms with Crippen LogP contribution in [0.4, 0.5) is 11.4 Å². The number of rotatable bonds is 3. The van der Waals surface area contributed by atoms with E-state index in [-0.39, 0.29) is 5.41 Å². The normalized spacial score (nSPS) is 13.5. The highest BCUT2D eigenvalue weighted by Gasteiger charge is 2.51. The van der Waals surface area contributed by atoms with Gasteiger partial charge in [0.2, 0.25) is 0 Å². The van der Waals surface area contributed by atoms with Crippen LogP contribution in [0, 0.1) is 0 Å². The molecule has 178 valence electrons. The van der Waals surface area contributed by atoms with Crippen molar-refractivity contribution < 1.29 is 0 Å². The molecule has 6 aromatic rings. The molecule has 1 nitrogen and oxygen atoms in total. The topological polar surface area (TPSA) is 12.0 Å². The van der Waals surface area contributed by atoms with E-state index < -0.39 is 0 Å². The fourth-order valence-corrected chi connectivity index (χ4v) is 6.74. The Morgan fingerprint density at radius 3 is 1.50 bits per heavy atom. The minimum Gasteiger partial charge on any atom is -0.356 e. The van der Waals surface area contributed by atoms with Crippen molar-refractivity contribution in [1.29, 1.82) is 0 Å². The molecular weight excluding hydrogens is 458 g/mol. The molecule has 1 N–H and O–H groups in total. The van der Waals surface area contributed by atoms with Gasteiger partial charge in [0.25, 0.3) is 0 Å². The maximum atomic E-state index is 3.54. The number of anilines is 2. The molecule has 0 fully saturated rings. The van der Waals surface area contributed by atoms with E-state index in [4.69, 9.17) is 0 Å². The Morgan fingerprint density at radius 1 is 0.342 bits per heavy atom. The van der Waals surface area contributed by atoms with E-state index in [0.717, 1.165) is 11.4 Å². The molecule has 0 aromatic heterocycles. The summed E-state index contributed by atoms with van der Waals surface area (Å²) in [6, 6.07) is 53.0. The summed E-state index contributed by atoms with van der Waals surface area (Å²) in [5.41, 5.74) is 15.2. The Kier molecular flexibility index (Phi) is 4.50. The molecule has 0 saturated carbocycles. The average molecular weight is 484 g/mol.